The van der Waals surface area contributed by atoms with Crippen LogP contribution in [0.25, 0.3) is 0 Å². The maximum absolute atomic E-state index is 14.5. The van der Waals surface area contributed by atoms with Gasteiger partial charge in [-0.05, 0) is 126 Å². The van der Waals surface area contributed by atoms with Gasteiger partial charge in [0.1, 0.15) is 24.4 Å². The molecule has 0 unspecified atom stereocenters. The first-order chi connectivity index (χ1) is 32.7. The fourth-order valence-electron chi connectivity index (χ4n) is 10.6. The first kappa shape index (κ1) is 57.8. The predicted octanol–water partition coefficient (Wildman–Crippen LogP) is 6.89. The van der Waals surface area contributed by atoms with E-state index in [0.717, 1.165) is 12.0 Å². The van der Waals surface area contributed by atoms with E-state index in [2.05, 4.69) is 5.16 Å². The molecule has 2 bridgehead atoms. The monoisotopic (exact) mass is 973 g/mol. The smallest absolute Gasteiger partial charge is 0.344 e. The van der Waals surface area contributed by atoms with Crippen LogP contribution in [-0.4, -0.2) is 144 Å². The highest BCUT2D eigenvalue weighted by Crippen LogP contribution is 2.38. The lowest BCUT2D eigenvalue weighted by atomic mass is 9.78. The van der Waals surface area contributed by atoms with Gasteiger partial charge in [0, 0.05) is 46.1 Å². The summed E-state index contributed by atoms with van der Waals surface area (Å²) >= 11 is 0. The number of carboxylic acid groups (broad SMARTS) is 1. The van der Waals surface area contributed by atoms with Crippen molar-refractivity contribution in [2.24, 2.45) is 40.7 Å². The molecule has 3 aliphatic heterocycles. The summed E-state index contributed by atoms with van der Waals surface area (Å²) in [6.07, 6.45) is 14.2. The second kappa shape index (κ2) is 27.7. The number of oxime groups is 1. The van der Waals surface area contributed by atoms with Crippen LogP contribution < -0.4 is 0 Å². The summed E-state index contributed by atoms with van der Waals surface area (Å²) < 4.78 is 30.0. The number of piperidine rings is 1. The van der Waals surface area contributed by atoms with E-state index < -0.39 is 84.6 Å². The molecule has 0 aromatic carbocycles. The molecular formula is C53H84N2O14. The molecule has 4 rings (SSSR count). The number of nitrogens with zero attached hydrogens (tertiary/aromatic N) is 2. The van der Waals surface area contributed by atoms with Crippen LogP contribution in [0.15, 0.2) is 52.8 Å². The van der Waals surface area contributed by atoms with Crippen molar-refractivity contribution in [3.63, 3.8) is 0 Å². The summed E-state index contributed by atoms with van der Waals surface area (Å²) in [4.78, 5) is 60.9. The summed E-state index contributed by atoms with van der Waals surface area (Å²) in [6.45, 7) is 12.9. The molecule has 0 spiro atoms. The highest BCUT2D eigenvalue weighted by atomic mass is 16.6. The minimum Gasteiger partial charge on any atom is -0.479 e. The van der Waals surface area contributed by atoms with Crippen molar-refractivity contribution >= 4 is 29.3 Å². The van der Waals surface area contributed by atoms with Gasteiger partial charge in [0.15, 0.2) is 0 Å². The molecule has 3 heterocycles. The van der Waals surface area contributed by atoms with Crippen LogP contribution in [-0.2, 0) is 47.7 Å². The average Bonchev–Trinajstić information content (AvgIpc) is 3.32. The van der Waals surface area contributed by atoms with E-state index in [-0.39, 0.29) is 42.2 Å². The van der Waals surface area contributed by atoms with Crippen LogP contribution in [0.4, 0.5) is 0 Å². The first-order valence-corrected chi connectivity index (χ1v) is 25.3. The summed E-state index contributed by atoms with van der Waals surface area (Å²) in [7, 11) is 4.65. The summed E-state index contributed by atoms with van der Waals surface area (Å²) in [5.74, 6) is -7.25. The normalized spacial score (nSPS) is 39.2. The highest BCUT2D eigenvalue weighted by Gasteiger charge is 2.53. The van der Waals surface area contributed by atoms with E-state index in [4.69, 9.17) is 28.5 Å². The molecule has 1 saturated carbocycles. The van der Waals surface area contributed by atoms with Gasteiger partial charge in [0.05, 0.1) is 30.1 Å². The molecule has 16 heteroatoms. The molecule has 1 amide bonds. The number of Topliss-reactive ketones (excluding diaryl/α,β-unsaturated/α-hetero) is 1. The number of carbonyl (C=O) groups excluding carboxylic acids is 3. The predicted molar refractivity (Wildman–Crippen MR) is 261 cm³/mol. The third-order valence-electron chi connectivity index (χ3n) is 14.9. The molecule has 3 fully saturated rings. The molecule has 4 N–H and O–H groups in total. The van der Waals surface area contributed by atoms with Gasteiger partial charge in [-0.15, -0.1) is 0 Å². The van der Waals surface area contributed by atoms with Crippen molar-refractivity contribution in [3.8, 4) is 0 Å². The number of aliphatic hydroxyl groups excluding tert-OH is 2. The second-order valence-electron chi connectivity index (χ2n) is 20.5. The number of hydrogen-bond donors (Lipinski definition) is 4. The van der Waals surface area contributed by atoms with Gasteiger partial charge in [-0.3, -0.25) is 9.59 Å². The van der Waals surface area contributed by atoms with E-state index in [0.29, 0.717) is 88.3 Å². The van der Waals surface area contributed by atoms with E-state index in [1.54, 1.807) is 28.1 Å². The number of amides is 1. The van der Waals surface area contributed by atoms with Gasteiger partial charge in [-0.1, -0.05) is 76.2 Å². The van der Waals surface area contributed by atoms with Crippen molar-refractivity contribution in [1.29, 1.82) is 0 Å². The van der Waals surface area contributed by atoms with Crippen LogP contribution in [0.1, 0.15) is 132 Å². The number of cyclic esters (lactones) is 1. The number of ketones is 1. The van der Waals surface area contributed by atoms with E-state index in [1.807, 2.05) is 71.1 Å². The fourth-order valence-corrected chi connectivity index (χ4v) is 10.6. The SMILES string of the molecule is CO[C@H]1C[C@@H]2CC[C@@H](C)[C@@](O)(O2)C(=O)C(=O)N2CCCC[C@H]2C(=O)O[C@H]([C@H](C)C[C@@H]2CC[C@@H](O)[C@H](OC)C2)CC[C@H](C)/C=C(\C)[C@@H](O)[C@@H](OC)C(=NOCC(=O)O)[C@H](C)C[C@H](C)/C=C/C=C/C=C/1C. The molecule has 16 nitrogen and oxygen atoms in total. The summed E-state index contributed by atoms with van der Waals surface area (Å²) in [6, 6.07) is -1.04. The number of methoxy groups -OCH3 is 3. The number of aliphatic hydroxyl groups is 3. The van der Waals surface area contributed by atoms with E-state index in [9.17, 15) is 39.6 Å². The largest absolute Gasteiger partial charge is 0.479 e. The molecule has 0 radical (unpaired) electrons. The number of hydrogen-bond acceptors (Lipinski definition) is 14. The summed E-state index contributed by atoms with van der Waals surface area (Å²) in [5.41, 5.74) is 1.85. The van der Waals surface area contributed by atoms with Gasteiger partial charge < -0.3 is 53.8 Å². The van der Waals surface area contributed by atoms with Gasteiger partial charge in [0.25, 0.3) is 11.7 Å². The molecular weight excluding hydrogens is 889 g/mol. The molecule has 1 aliphatic carbocycles. The molecule has 69 heavy (non-hydrogen) atoms. The summed E-state index contributed by atoms with van der Waals surface area (Å²) in [5, 5.41) is 47.9. The molecule has 2 saturated heterocycles. The highest BCUT2D eigenvalue weighted by molar-refractivity contribution is 6.39. The Kier molecular flexibility index (Phi) is 23.2. The number of fused-ring (bicyclic) bond motifs is 3. The number of rotatable bonds is 9. The first-order valence-electron chi connectivity index (χ1n) is 25.3. The van der Waals surface area contributed by atoms with Crippen molar-refractivity contribution in [3.05, 3.63) is 47.6 Å². The minimum atomic E-state index is -2.40. The van der Waals surface area contributed by atoms with Crippen molar-refractivity contribution in [1.82, 2.24) is 4.90 Å². The Balaban J connectivity index is 1.72. The number of ether oxygens (including phenoxy) is 5. The molecule has 4 aliphatic rings. The number of esters is 1. The Morgan fingerprint density at radius 1 is 0.870 bits per heavy atom. The van der Waals surface area contributed by atoms with Crippen LogP contribution in [0.5, 0.6) is 0 Å². The van der Waals surface area contributed by atoms with Crippen LogP contribution in [0.3, 0.4) is 0 Å². The van der Waals surface area contributed by atoms with Gasteiger partial charge in [-0.2, -0.15) is 0 Å². The molecule has 15 atom stereocenters. The minimum absolute atomic E-state index is 0.0314. The lowest BCUT2D eigenvalue weighted by Gasteiger charge is -2.42. The number of carboxylic acids is 1. The van der Waals surface area contributed by atoms with Crippen molar-refractivity contribution in [2.45, 2.75) is 186 Å². The zero-order chi connectivity index (χ0) is 51.0. The van der Waals surface area contributed by atoms with Crippen molar-refractivity contribution in [2.75, 3.05) is 34.5 Å². The number of allylic oxidation sites excluding steroid dienone is 6. The lowest BCUT2D eigenvalue weighted by Crippen LogP contribution is -2.61. The third kappa shape index (κ3) is 16.4. The fraction of sp³-hybridized carbons (Fsp3) is 0.755. The zero-order valence-electron chi connectivity index (χ0n) is 42.9. The molecule has 0 aromatic heterocycles. The van der Waals surface area contributed by atoms with Gasteiger partial charge in [0.2, 0.25) is 12.4 Å². The molecule has 0 aromatic rings. The average molecular weight is 973 g/mol. The van der Waals surface area contributed by atoms with Crippen LogP contribution in [0.2, 0.25) is 0 Å². The zero-order valence-corrected chi connectivity index (χ0v) is 42.9. The Hall–Kier alpha value is -3.77. The Bertz CT molecular complexity index is 1850. The topological polar surface area (TPSA) is 220 Å². The number of carbonyl (C=O) groups is 4. The quantitative estimate of drug-likeness (QED) is 0.0801. The maximum Gasteiger partial charge on any atom is 0.344 e. The standard InChI is InChI=1S/C53H84N2O14/c1-32-16-12-11-13-17-34(3)44(64-8)30-40-22-20-38(7)53(63,69-40)50(60)51(61)55-25-15-14-18-41(55)52(62)68-43(35(4)28-39-21-23-42(56)45(29-39)65-9)24-19-33(2)27-37(6)48(59)49(66-10)47(36(5)26-32)54-67-31-46(57)58/h11-13,16-17,27,32-33,35-36,38-45,48-49,56,59,63H,14-15,18-26,28-31H2,1-10H3,(H,57,58)/b13-11+,16-12+,34-17+,37-27+,54-47?/t32-,33+,35-,36-,38-,39+,40+,41+,42-,43+,44+,45-,48-,49+,53-/m1/s1. The lowest BCUT2D eigenvalue weighted by molar-refractivity contribution is -0.265. The number of aliphatic carboxylic acids is 1. The maximum atomic E-state index is 14.5. The van der Waals surface area contributed by atoms with Gasteiger partial charge in [-0.25, -0.2) is 9.59 Å². The molecule has 390 valence electrons. The van der Waals surface area contributed by atoms with Gasteiger partial charge >= 0.3 is 11.9 Å². The van der Waals surface area contributed by atoms with E-state index in [1.165, 1.54) is 12.0 Å². The van der Waals surface area contributed by atoms with Crippen molar-refractivity contribution < 1.29 is 68.1 Å². The second-order valence-corrected chi connectivity index (χ2v) is 20.5. The third-order valence-corrected chi connectivity index (χ3v) is 14.9. The van der Waals surface area contributed by atoms with Crippen LogP contribution >= 0.6 is 0 Å². The van der Waals surface area contributed by atoms with E-state index >= 15 is 0 Å². The Morgan fingerprint density at radius 3 is 2.29 bits per heavy atom. The Labute approximate surface area is 410 Å². The Morgan fingerprint density at radius 2 is 1.61 bits per heavy atom. The van der Waals surface area contributed by atoms with Crippen LogP contribution in [0, 0.1) is 35.5 Å².